The summed E-state index contributed by atoms with van der Waals surface area (Å²) < 4.78 is 11.9. The molecule has 0 radical (unpaired) electrons. The predicted molar refractivity (Wildman–Crippen MR) is 162 cm³/mol. The van der Waals surface area contributed by atoms with Gasteiger partial charge in [-0.2, -0.15) is 0 Å². The maximum Gasteiger partial charge on any atom is 0.223 e. The van der Waals surface area contributed by atoms with Crippen LogP contribution in [-0.2, 0) is 33.2 Å². The van der Waals surface area contributed by atoms with E-state index in [0.717, 1.165) is 22.3 Å². The number of ketones is 1. The minimum Gasteiger partial charge on any atom is -0.508 e. The number of guanidine groups is 1. The standard InChI is InChI=1S/C29H42N6O4S/c1-18-12-24(36)13-19(2)25(18)16-26(35-29(31)32)27(37)15-22(10-11-40(4)39)28(38)33-17-23(34-20(3)30)14-21-8-6-5-7-9-21/h5-9,12-13,22-23,26,36H,10-11,14-17H2,1-4H3,(H2,30,34)(H,33,38)(H4,31,32,35)/t22-,23-,26-,40?/m0/s1. The molecule has 0 aliphatic carbocycles. The Kier molecular flexibility index (Phi) is 12.8. The first-order valence-electron chi connectivity index (χ1n) is 13.2. The third-order valence-electron chi connectivity index (χ3n) is 6.54. The van der Waals surface area contributed by atoms with Gasteiger partial charge in [0.1, 0.15) is 11.8 Å². The van der Waals surface area contributed by atoms with E-state index >= 15 is 0 Å². The first-order valence-corrected chi connectivity index (χ1v) is 14.9. The van der Waals surface area contributed by atoms with E-state index in [1.165, 1.54) is 0 Å². The van der Waals surface area contributed by atoms with Crippen LogP contribution in [-0.4, -0.2) is 63.4 Å². The predicted octanol–water partition coefficient (Wildman–Crippen LogP) is 1.64. The van der Waals surface area contributed by atoms with E-state index in [2.05, 4.69) is 15.3 Å². The van der Waals surface area contributed by atoms with E-state index in [-0.39, 0.29) is 61.0 Å². The minimum absolute atomic E-state index is 0.122. The number of Topliss-reactive ketones (excluding diaryl/α,β-unsaturated/α-hetero) is 1. The lowest BCUT2D eigenvalue weighted by Crippen LogP contribution is -2.39. The highest BCUT2D eigenvalue weighted by molar-refractivity contribution is 7.84. The number of carbonyl (C=O) groups is 2. The zero-order valence-electron chi connectivity index (χ0n) is 23.7. The molecule has 1 unspecified atom stereocenters. The molecule has 0 saturated carbocycles. The number of amides is 1. The Hall–Kier alpha value is -3.73. The summed E-state index contributed by atoms with van der Waals surface area (Å²) in [7, 11) is -1.15. The summed E-state index contributed by atoms with van der Waals surface area (Å²) in [4.78, 5) is 35.5. The van der Waals surface area contributed by atoms with Gasteiger partial charge in [0.05, 0.1) is 11.9 Å². The van der Waals surface area contributed by atoms with Gasteiger partial charge >= 0.3 is 0 Å². The maximum absolute atomic E-state index is 13.5. The van der Waals surface area contributed by atoms with Gasteiger partial charge < -0.3 is 27.6 Å². The van der Waals surface area contributed by atoms with Crippen LogP contribution in [0.1, 0.15) is 42.0 Å². The number of nitrogens with zero attached hydrogens (tertiary/aromatic N) is 2. The number of phenolic OH excluding ortho intramolecular Hbond substituents is 1. The smallest absolute Gasteiger partial charge is 0.223 e. The Morgan fingerprint density at radius 1 is 1.02 bits per heavy atom. The zero-order valence-corrected chi connectivity index (χ0v) is 24.5. The lowest BCUT2D eigenvalue weighted by Gasteiger charge is -2.21. The zero-order chi connectivity index (χ0) is 29.8. The molecule has 40 heavy (non-hydrogen) atoms. The molecule has 0 aliphatic heterocycles. The third-order valence-corrected chi connectivity index (χ3v) is 7.35. The number of hydrogen-bond acceptors (Lipinski definition) is 6. The minimum atomic E-state index is -1.15. The average molecular weight is 571 g/mol. The molecule has 0 fully saturated rings. The monoisotopic (exact) mass is 570 g/mol. The summed E-state index contributed by atoms with van der Waals surface area (Å²) in [5.41, 5.74) is 20.6. The summed E-state index contributed by atoms with van der Waals surface area (Å²) >= 11 is 0. The molecule has 218 valence electrons. The van der Waals surface area contributed by atoms with Gasteiger partial charge in [-0.1, -0.05) is 30.3 Å². The van der Waals surface area contributed by atoms with Gasteiger partial charge in [-0.3, -0.25) is 18.8 Å². The van der Waals surface area contributed by atoms with Crippen LogP contribution < -0.4 is 22.5 Å². The Morgan fingerprint density at radius 3 is 2.20 bits per heavy atom. The van der Waals surface area contributed by atoms with Crippen LogP contribution >= 0.6 is 0 Å². The normalized spacial score (nSPS) is 14.6. The van der Waals surface area contributed by atoms with Crippen LogP contribution in [0.3, 0.4) is 0 Å². The second kappa shape index (κ2) is 15.8. The van der Waals surface area contributed by atoms with Crippen molar-refractivity contribution in [3.63, 3.8) is 0 Å². The molecule has 0 spiro atoms. The Bertz CT molecular complexity index is 1220. The topological polar surface area (TPSA) is 186 Å². The van der Waals surface area contributed by atoms with Crippen molar-refractivity contribution in [1.82, 2.24) is 5.32 Å². The molecule has 2 aromatic rings. The number of phenols is 1. The van der Waals surface area contributed by atoms with Crippen molar-refractivity contribution in [2.24, 2.45) is 33.1 Å². The molecule has 2 aromatic carbocycles. The summed E-state index contributed by atoms with van der Waals surface area (Å²) in [6.07, 6.45) is 2.49. The highest BCUT2D eigenvalue weighted by Gasteiger charge is 2.28. The Balaban J connectivity index is 2.22. The number of benzene rings is 2. The summed E-state index contributed by atoms with van der Waals surface area (Å²) in [6.45, 7) is 5.59. The van der Waals surface area contributed by atoms with Gasteiger partial charge in [0.2, 0.25) is 5.91 Å². The number of aromatic hydroxyl groups is 1. The van der Waals surface area contributed by atoms with E-state index in [1.54, 1.807) is 25.3 Å². The van der Waals surface area contributed by atoms with Gasteiger partial charge in [-0.15, -0.1) is 0 Å². The van der Waals surface area contributed by atoms with Crippen molar-refractivity contribution in [2.45, 2.75) is 58.5 Å². The van der Waals surface area contributed by atoms with Gasteiger partial charge in [-0.05, 0) is 68.0 Å². The van der Waals surface area contributed by atoms with Crippen LogP contribution in [0.4, 0.5) is 0 Å². The highest BCUT2D eigenvalue weighted by atomic mass is 32.2. The number of rotatable bonds is 15. The Morgan fingerprint density at radius 2 is 1.65 bits per heavy atom. The molecule has 0 heterocycles. The highest BCUT2D eigenvalue weighted by Crippen LogP contribution is 2.24. The summed E-state index contributed by atoms with van der Waals surface area (Å²) in [5, 5.41) is 12.8. The van der Waals surface area contributed by atoms with Crippen molar-refractivity contribution in [3.8, 4) is 5.75 Å². The molecule has 4 atom stereocenters. The van der Waals surface area contributed by atoms with Crippen molar-refractivity contribution in [1.29, 1.82) is 0 Å². The van der Waals surface area contributed by atoms with E-state index in [4.69, 9.17) is 17.2 Å². The number of hydrogen-bond donors (Lipinski definition) is 5. The van der Waals surface area contributed by atoms with E-state index in [9.17, 15) is 18.9 Å². The molecule has 8 N–H and O–H groups in total. The fourth-order valence-corrected chi connectivity index (χ4v) is 5.23. The Labute approximate surface area is 239 Å². The van der Waals surface area contributed by atoms with Crippen molar-refractivity contribution in [2.75, 3.05) is 18.6 Å². The van der Waals surface area contributed by atoms with Crippen LogP contribution in [0.5, 0.6) is 5.75 Å². The molecule has 1 amide bonds. The number of carbonyl (C=O) groups excluding carboxylic acids is 2. The molecular formula is C29H42N6O4S. The average Bonchev–Trinajstić information content (AvgIpc) is 2.86. The first kappa shape index (κ1) is 32.5. The first-order chi connectivity index (χ1) is 18.8. The number of amidine groups is 1. The van der Waals surface area contributed by atoms with Gasteiger partial charge in [-0.25, -0.2) is 4.99 Å². The van der Waals surface area contributed by atoms with Crippen LogP contribution in [0.15, 0.2) is 52.4 Å². The second-order valence-electron chi connectivity index (χ2n) is 10.1. The molecule has 11 heteroatoms. The lowest BCUT2D eigenvalue weighted by atomic mass is 9.90. The fourth-order valence-electron chi connectivity index (χ4n) is 4.61. The molecular weight excluding hydrogens is 528 g/mol. The van der Waals surface area contributed by atoms with Crippen molar-refractivity contribution in [3.05, 3.63) is 64.7 Å². The summed E-state index contributed by atoms with van der Waals surface area (Å²) in [5.74, 6) is -0.795. The number of nitrogens with one attached hydrogen (secondary N) is 1. The molecule has 10 nitrogen and oxygen atoms in total. The maximum atomic E-state index is 13.5. The van der Waals surface area contributed by atoms with Crippen LogP contribution in [0.25, 0.3) is 0 Å². The third kappa shape index (κ3) is 11.2. The molecule has 0 bridgehead atoms. The van der Waals surface area contributed by atoms with Gasteiger partial charge in [0.25, 0.3) is 0 Å². The van der Waals surface area contributed by atoms with E-state index < -0.39 is 22.8 Å². The number of aryl methyl sites for hydroxylation is 2. The number of aliphatic imine (C=N–C) groups is 2. The largest absolute Gasteiger partial charge is 0.508 e. The van der Waals surface area contributed by atoms with E-state index in [0.29, 0.717) is 12.3 Å². The molecule has 0 aliphatic rings. The molecule has 0 aromatic heterocycles. The molecule has 0 saturated heterocycles. The SMILES string of the molecule is CC(N)=N[C@H](CNC(=O)[C@@H](CCS(C)=O)CC(=O)[C@H](Cc1c(C)cc(O)cc1C)N=C(N)N)Cc1ccccc1. The quantitative estimate of drug-likeness (QED) is 0.159. The number of nitrogens with two attached hydrogens (primary N) is 3. The fraction of sp³-hybridized carbons (Fsp3) is 0.448. The van der Waals surface area contributed by atoms with Crippen molar-refractivity contribution < 1.29 is 18.9 Å². The summed E-state index contributed by atoms with van der Waals surface area (Å²) in [6, 6.07) is 11.8. The van der Waals surface area contributed by atoms with E-state index in [1.807, 2.05) is 44.2 Å². The van der Waals surface area contributed by atoms with Gasteiger partial charge in [0.15, 0.2) is 11.7 Å². The van der Waals surface area contributed by atoms with Gasteiger partial charge in [0, 0.05) is 48.1 Å². The van der Waals surface area contributed by atoms with Crippen LogP contribution in [0.2, 0.25) is 0 Å². The van der Waals surface area contributed by atoms with Crippen molar-refractivity contribution >= 4 is 34.3 Å². The molecule has 2 rings (SSSR count). The lowest BCUT2D eigenvalue weighted by molar-refractivity contribution is -0.130. The van der Waals surface area contributed by atoms with Crippen LogP contribution in [0, 0.1) is 19.8 Å². The second-order valence-corrected chi connectivity index (χ2v) is 11.7.